The Morgan fingerprint density at radius 1 is 1.59 bits per heavy atom. The Balaban J connectivity index is 2.04. The minimum absolute atomic E-state index is 0.149. The third-order valence-corrected chi connectivity index (χ3v) is 2.93. The van der Waals surface area contributed by atoms with E-state index < -0.39 is 10.8 Å². The van der Waals surface area contributed by atoms with Crippen molar-refractivity contribution in [1.29, 1.82) is 0 Å². The minimum atomic E-state index is -0.966. The van der Waals surface area contributed by atoms with Crippen molar-refractivity contribution in [3.63, 3.8) is 0 Å². The molecule has 2 rings (SSSR count). The first-order valence-electron chi connectivity index (χ1n) is 4.99. The van der Waals surface area contributed by atoms with Crippen molar-refractivity contribution in [3.8, 4) is 0 Å². The van der Waals surface area contributed by atoms with E-state index in [2.05, 4.69) is 10.4 Å². The Morgan fingerprint density at radius 3 is 3.12 bits per heavy atom. The summed E-state index contributed by atoms with van der Waals surface area (Å²) in [6.45, 7) is 0. The monoisotopic (exact) mass is 269 g/mol. The number of rotatable bonds is 3. The first-order valence-corrected chi connectivity index (χ1v) is 6.99. The van der Waals surface area contributed by atoms with Gasteiger partial charge in [0.05, 0.1) is 0 Å². The fraction of sp³-hybridized carbons (Fsp3) is 0.182. The van der Waals surface area contributed by atoms with Gasteiger partial charge in [-0.1, -0.05) is 23.7 Å². The largest absolute Gasteiger partial charge is 0.271 e. The van der Waals surface area contributed by atoms with Gasteiger partial charge >= 0.3 is 0 Å². The van der Waals surface area contributed by atoms with Gasteiger partial charge in [-0.25, -0.2) is 10.4 Å². The second-order valence-electron chi connectivity index (χ2n) is 3.54. The zero-order chi connectivity index (χ0) is 12.3. The van der Waals surface area contributed by atoms with E-state index in [4.69, 9.17) is 11.6 Å². The summed E-state index contributed by atoms with van der Waals surface area (Å²) in [6, 6.07) is 7.52. The summed E-state index contributed by atoms with van der Waals surface area (Å²) in [5, 5.41) is 3.94. The predicted octanol–water partition coefficient (Wildman–Crippen LogP) is 2.04. The lowest BCUT2D eigenvalue weighted by Crippen LogP contribution is -2.28. The van der Waals surface area contributed by atoms with Gasteiger partial charge in [-0.2, -0.15) is 0 Å². The van der Waals surface area contributed by atoms with Crippen molar-refractivity contribution < 1.29 is 4.21 Å². The fourth-order valence-corrected chi connectivity index (χ4v) is 1.92. The molecule has 1 aromatic carbocycles. The molecule has 1 aromatic rings. The topological polar surface area (TPSA) is 44.7 Å². The summed E-state index contributed by atoms with van der Waals surface area (Å²) in [6.07, 6.45) is 4.79. The normalized spacial score (nSPS) is 21.3. The van der Waals surface area contributed by atoms with E-state index in [9.17, 15) is 4.21 Å². The molecule has 2 unspecified atom stereocenters. The van der Waals surface area contributed by atoms with Gasteiger partial charge in [-0.05, 0) is 17.7 Å². The van der Waals surface area contributed by atoms with Crippen molar-refractivity contribution in [2.24, 2.45) is 4.99 Å². The number of halogens is 1. The van der Waals surface area contributed by atoms with E-state index in [1.165, 1.54) is 0 Å². The van der Waals surface area contributed by atoms with Crippen molar-refractivity contribution >= 4 is 28.7 Å². The molecule has 0 aliphatic carbocycles. The third kappa shape index (κ3) is 3.39. The molecule has 0 aromatic heterocycles. The Labute approximate surface area is 107 Å². The molecule has 1 heterocycles. The Kier molecular flexibility index (Phi) is 3.93. The smallest absolute Gasteiger partial charge is 0.144 e. The van der Waals surface area contributed by atoms with Gasteiger partial charge in [0, 0.05) is 33.7 Å². The van der Waals surface area contributed by atoms with Crippen LogP contribution in [0.3, 0.4) is 0 Å². The molecule has 1 aliphatic heterocycles. The number of nitrogens with zero attached hydrogens (tertiary/aromatic N) is 2. The minimum Gasteiger partial charge on any atom is -0.271 e. The highest BCUT2D eigenvalue weighted by molar-refractivity contribution is 7.87. The van der Waals surface area contributed by atoms with Crippen molar-refractivity contribution in [3.05, 3.63) is 46.5 Å². The van der Waals surface area contributed by atoms with Crippen LogP contribution in [0.2, 0.25) is 5.02 Å². The van der Waals surface area contributed by atoms with Gasteiger partial charge in [0.25, 0.3) is 0 Å². The number of hydrazine groups is 1. The molecule has 0 saturated carbocycles. The molecule has 6 heteroatoms. The second kappa shape index (κ2) is 5.44. The van der Waals surface area contributed by atoms with Crippen LogP contribution in [0.25, 0.3) is 0 Å². The lowest BCUT2D eigenvalue weighted by molar-refractivity contribution is 0.392. The molecule has 0 bridgehead atoms. The summed E-state index contributed by atoms with van der Waals surface area (Å²) in [7, 11) is -0.966. The lowest BCUT2D eigenvalue weighted by atomic mass is 10.2. The number of nitrogens with one attached hydrogen (secondary N) is 1. The molecule has 0 spiro atoms. The quantitative estimate of drug-likeness (QED) is 0.913. The van der Waals surface area contributed by atoms with Crippen LogP contribution < -0.4 is 5.43 Å². The highest BCUT2D eigenvalue weighted by atomic mass is 35.5. The maximum Gasteiger partial charge on any atom is 0.144 e. The Morgan fingerprint density at radius 2 is 2.41 bits per heavy atom. The second-order valence-corrected chi connectivity index (χ2v) is 5.25. The van der Waals surface area contributed by atoms with Crippen LogP contribution in [0.1, 0.15) is 11.7 Å². The molecular formula is C11H12ClN3OS. The molecule has 17 heavy (non-hydrogen) atoms. The van der Waals surface area contributed by atoms with Crippen LogP contribution in [-0.2, 0) is 10.8 Å². The molecule has 0 saturated heterocycles. The van der Waals surface area contributed by atoms with E-state index in [1.54, 1.807) is 29.2 Å². The fourth-order valence-electron chi connectivity index (χ4n) is 1.42. The van der Waals surface area contributed by atoms with Crippen LogP contribution in [0, 0.1) is 0 Å². The van der Waals surface area contributed by atoms with E-state index in [0.29, 0.717) is 5.02 Å². The summed E-state index contributed by atoms with van der Waals surface area (Å²) in [4.78, 5) is 4.29. The summed E-state index contributed by atoms with van der Waals surface area (Å²) in [5.74, 6) is 0. The molecule has 0 amide bonds. The molecule has 1 N–H and O–H groups in total. The van der Waals surface area contributed by atoms with Crippen LogP contribution in [0.15, 0.2) is 40.9 Å². The van der Waals surface area contributed by atoms with Crippen LogP contribution in [0.4, 0.5) is 0 Å². The molecule has 2 atom stereocenters. The first kappa shape index (κ1) is 12.3. The molecule has 4 nitrogen and oxygen atoms in total. The van der Waals surface area contributed by atoms with E-state index >= 15 is 0 Å². The van der Waals surface area contributed by atoms with E-state index in [0.717, 1.165) is 5.56 Å². The number of hydrogen-bond acceptors (Lipinski definition) is 4. The molecule has 1 aliphatic rings. The summed E-state index contributed by atoms with van der Waals surface area (Å²) < 4.78 is 10.9. The van der Waals surface area contributed by atoms with E-state index in [1.807, 2.05) is 24.3 Å². The van der Waals surface area contributed by atoms with Crippen molar-refractivity contribution in [2.75, 3.05) is 6.26 Å². The number of hydrogen-bond donors (Lipinski definition) is 1. The number of aliphatic imine (C=N–C) groups is 1. The van der Waals surface area contributed by atoms with Gasteiger partial charge < -0.3 is 0 Å². The molecule has 90 valence electrons. The van der Waals surface area contributed by atoms with Crippen LogP contribution in [-0.4, -0.2) is 21.8 Å². The van der Waals surface area contributed by atoms with Crippen LogP contribution >= 0.6 is 11.6 Å². The van der Waals surface area contributed by atoms with Gasteiger partial charge in [0.15, 0.2) is 0 Å². The maximum absolute atomic E-state index is 10.9. The van der Waals surface area contributed by atoms with Gasteiger partial charge in [0.2, 0.25) is 0 Å². The average molecular weight is 270 g/mol. The Bertz CT molecular complexity index is 489. The Hall–Kier alpha value is -1.17. The van der Waals surface area contributed by atoms with Crippen molar-refractivity contribution in [2.45, 2.75) is 6.17 Å². The van der Waals surface area contributed by atoms with Gasteiger partial charge in [-0.15, -0.1) is 0 Å². The maximum atomic E-state index is 10.9. The van der Waals surface area contributed by atoms with Crippen LogP contribution in [0.5, 0.6) is 0 Å². The SMILES string of the molecule is CS(=O)/C=C\N1C=NC(c2cccc(Cl)c2)N1. The summed E-state index contributed by atoms with van der Waals surface area (Å²) in [5.41, 5.74) is 4.11. The first-order chi connectivity index (χ1) is 8.15. The number of benzene rings is 1. The van der Waals surface area contributed by atoms with Crippen molar-refractivity contribution in [1.82, 2.24) is 10.4 Å². The zero-order valence-corrected chi connectivity index (χ0v) is 10.8. The highest BCUT2D eigenvalue weighted by Gasteiger charge is 2.16. The third-order valence-electron chi connectivity index (χ3n) is 2.19. The average Bonchev–Trinajstić information content (AvgIpc) is 2.75. The summed E-state index contributed by atoms with van der Waals surface area (Å²) >= 11 is 5.91. The highest BCUT2D eigenvalue weighted by Crippen LogP contribution is 2.21. The predicted molar refractivity (Wildman–Crippen MR) is 70.9 cm³/mol. The van der Waals surface area contributed by atoms with Gasteiger partial charge in [0.1, 0.15) is 12.5 Å². The standard InChI is InChI=1S/C11H12ClN3OS/c1-17(16)6-5-15-8-13-11(14-15)9-3-2-4-10(12)7-9/h2-8,11,14H,1H3/b6-5-. The lowest BCUT2D eigenvalue weighted by Gasteiger charge is -2.13. The zero-order valence-electron chi connectivity index (χ0n) is 9.21. The molecule has 0 radical (unpaired) electrons. The molecule has 0 fully saturated rings. The van der Waals surface area contributed by atoms with E-state index in [-0.39, 0.29) is 6.17 Å². The van der Waals surface area contributed by atoms with Gasteiger partial charge in [-0.3, -0.25) is 9.22 Å². The molecular weight excluding hydrogens is 258 g/mol.